The molecular weight excluding hydrogens is 272 g/mol. The van der Waals surface area contributed by atoms with Crippen molar-refractivity contribution in [2.45, 2.75) is 32.5 Å². The van der Waals surface area contributed by atoms with Crippen LogP contribution in [0.15, 0.2) is 59.6 Å². The van der Waals surface area contributed by atoms with Crippen LogP contribution >= 0.6 is 0 Å². The van der Waals surface area contributed by atoms with Gasteiger partial charge in [-0.15, -0.1) is 0 Å². The van der Waals surface area contributed by atoms with E-state index in [4.69, 9.17) is 4.99 Å². The molecule has 0 unspecified atom stereocenters. The first-order valence-electron chi connectivity index (χ1n) is 7.90. The zero-order valence-electron chi connectivity index (χ0n) is 13.1. The fourth-order valence-electron chi connectivity index (χ4n) is 3.00. The molecule has 0 spiro atoms. The molecule has 3 nitrogen and oxygen atoms in total. The molecule has 0 amide bonds. The standard InChI is InChI=1S/C19H22N2O/c1-13(2)19-20-16(14-8-4-3-5-9-14)12-17(21-19)15-10-6-7-11-18(15)22/h3-11,13,17,19,21-22H,12H2,1-2H3/p+1/t17-,19+/m0/s1. The van der Waals surface area contributed by atoms with Gasteiger partial charge in [-0.2, -0.15) is 0 Å². The lowest BCUT2D eigenvalue weighted by molar-refractivity contribution is -0.733. The Morgan fingerprint density at radius 3 is 2.41 bits per heavy atom. The van der Waals surface area contributed by atoms with Crippen LogP contribution in [0.2, 0.25) is 0 Å². The highest BCUT2D eigenvalue weighted by atomic mass is 16.3. The molecule has 3 N–H and O–H groups in total. The summed E-state index contributed by atoms with van der Waals surface area (Å²) in [5.41, 5.74) is 3.31. The van der Waals surface area contributed by atoms with Crippen molar-refractivity contribution >= 4 is 5.71 Å². The van der Waals surface area contributed by atoms with Gasteiger partial charge in [0.1, 0.15) is 11.8 Å². The SMILES string of the molecule is CC(C)[C@@H]1N=C(c2ccccc2)C[C@@H](c2ccccc2O)[NH2+]1. The minimum Gasteiger partial charge on any atom is -0.507 e. The van der Waals surface area contributed by atoms with E-state index in [9.17, 15) is 5.11 Å². The number of nitrogens with zero attached hydrogens (tertiary/aromatic N) is 1. The van der Waals surface area contributed by atoms with Gasteiger partial charge in [-0.05, 0) is 17.7 Å². The molecular formula is C19H23N2O+. The fourth-order valence-corrected chi connectivity index (χ4v) is 3.00. The maximum absolute atomic E-state index is 10.2. The van der Waals surface area contributed by atoms with Crippen molar-refractivity contribution in [1.82, 2.24) is 0 Å². The molecule has 0 saturated heterocycles. The van der Waals surface area contributed by atoms with Crippen LogP contribution in [-0.2, 0) is 0 Å². The summed E-state index contributed by atoms with van der Waals surface area (Å²) < 4.78 is 0. The lowest BCUT2D eigenvalue weighted by atomic mass is 9.93. The normalized spacial score (nSPS) is 21.7. The number of quaternary nitrogens is 1. The highest BCUT2D eigenvalue weighted by Crippen LogP contribution is 2.27. The van der Waals surface area contributed by atoms with E-state index < -0.39 is 0 Å². The first-order chi connectivity index (χ1) is 10.6. The summed E-state index contributed by atoms with van der Waals surface area (Å²) in [5.74, 6) is 0.827. The highest BCUT2D eigenvalue weighted by Gasteiger charge is 2.31. The average Bonchev–Trinajstić information content (AvgIpc) is 2.55. The predicted molar refractivity (Wildman–Crippen MR) is 89.0 cm³/mol. The third-order valence-electron chi connectivity index (χ3n) is 4.27. The molecule has 0 aliphatic carbocycles. The van der Waals surface area contributed by atoms with Crippen LogP contribution < -0.4 is 5.32 Å². The number of nitrogens with two attached hydrogens (primary N) is 1. The number of phenols is 1. The van der Waals surface area contributed by atoms with Crippen molar-refractivity contribution in [3.8, 4) is 5.75 Å². The number of phenolic OH excluding ortho intramolecular Hbond substituents is 1. The molecule has 1 aliphatic heterocycles. The van der Waals surface area contributed by atoms with Crippen molar-refractivity contribution in [1.29, 1.82) is 0 Å². The first kappa shape index (κ1) is 14.8. The molecule has 114 valence electrons. The number of rotatable bonds is 3. The Balaban J connectivity index is 1.96. The highest BCUT2D eigenvalue weighted by molar-refractivity contribution is 6.01. The largest absolute Gasteiger partial charge is 0.507 e. The van der Waals surface area contributed by atoms with Gasteiger partial charge in [-0.25, -0.2) is 4.99 Å². The number of hydrogen-bond acceptors (Lipinski definition) is 2. The summed E-state index contributed by atoms with van der Waals surface area (Å²) in [5, 5.41) is 12.5. The van der Waals surface area contributed by atoms with Crippen LogP contribution in [0, 0.1) is 5.92 Å². The van der Waals surface area contributed by atoms with Gasteiger partial charge in [0.05, 0.1) is 11.3 Å². The number of benzene rings is 2. The first-order valence-corrected chi connectivity index (χ1v) is 7.90. The minimum atomic E-state index is 0.188. The zero-order chi connectivity index (χ0) is 15.5. The molecule has 3 heteroatoms. The van der Waals surface area contributed by atoms with Crippen LogP contribution in [-0.4, -0.2) is 17.0 Å². The minimum absolute atomic E-state index is 0.188. The molecule has 2 atom stereocenters. The molecule has 22 heavy (non-hydrogen) atoms. The van der Waals surface area contributed by atoms with E-state index in [0.717, 1.165) is 17.7 Å². The summed E-state index contributed by atoms with van der Waals surface area (Å²) >= 11 is 0. The topological polar surface area (TPSA) is 49.2 Å². The molecule has 0 bridgehead atoms. The van der Waals surface area contributed by atoms with Gasteiger partial charge in [-0.1, -0.05) is 56.3 Å². The predicted octanol–water partition coefficient (Wildman–Crippen LogP) is 2.87. The molecule has 0 aromatic heterocycles. The van der Waals surface area contributed by atoms with E-state index in [2.05, 4.69) is 43.4 Å². The second-order valence-electron chi connectivity index (χ2n) is 6.24. The van der Waals surface area contributed by atoms with E-state index in [1.54, 1.807) is 6.07 Å². The van der Waals surface area contributed by atoms with Gasteiger partial charge in [0, 0.05) is 12.3 Å². The zero-order valence-corrected chi connectivity index (χ0v) is 13.1. The maximum atomic E-state index is 10.2. The number of aliphatic imine (C=N–C) groups is 1. The molecule has 0 radical (unpaired) electrons. The van der Waals surface area contributed by atoms with Crippen molar-refractivity contribution in [2.24, 2.45) is 10.9 Å². The van der Waals surface area contributed by atoms with Crippen molar-refractivity contribution in [2.75, 3.05) is 0 Å². The number of para-hydroxylation sites is 1. The summed E-state index contributed by atoms with van der Waals surface area (Å²) in [7, 11) is 0. The summed E-state index contributed by atoms with van der Waals surface area (Å²) in [6.45, 7) is 4.39. The fraction of sp³-hybridized carbons (Fsp3) is 0.316. The number of hydrogen-bond donors (Lipinski definition) is 2. The van der Waals surface area contributed by atoms with Crippen LogP contribution in [0.4, 0.5) is 0 Å². The molecule has 1 heterocycles. The van der Waals surface area contributed by atoms with Gasteiger partial charge >= 0.3 is 0 Å². The molecule has 2 aromatic carbocycles. The third kappa shape index (κ3) is 3.04. The van der Waals surface area contributed by atoms with Gasteiger partial charge in [0.25, 0.3) is 0 Å². The molecule has 0 saturated carbocycles. The smallest absolute Gasteiger partial charge is 0.182 e. The Labute approximate surface area is 131 Å². The molecule has 3 rings (SSSR count). The summed E-state index contributed by atoms with van der Waals surface area (Å²) in [4.78, 5) is 4.94. The average molecular weight is 295 g/mol. The third-order valence-corrected chi connectivity index (χ3v) is 4.27. The monoisotopic (exact) mass is 295 g/mol. The number of aromatic hydroxyl groups is 1. The lowest BCUT2D eigenvalue weighted by Crippen LogP contribution is -2.93. The second kappa shape index (κ2) is 6.32. The second-order valence-corrected chi connectivity index (χ2v) is 6.24. The van der Waals surface area contributed by atoms with Crippen LogP contribution in [0.25, 0.3) is 0 Å². The van der Waals surface area contributed by atoms with Gasteiger partial charge in [0.15, 0.2) is 6.17 Å². The summed E-state index contributed by atoms with van der Waals surface area (Å²) in [6, 6.07) is 18.2. The Morgan fingerprint density at radius 2 is 1.73 bits per heavy atom. The van der Waals surface area contributed by atoms with Crippen molar-refractivity contribution in [3.05, 3.63) is 65.7 Å². The van der Waals surface area contributed by atoms with Crippen LogP contribution in [0.5, 0.6) is 5.75 Å². The van der Waals surface area contributed by atoms with E-state index in [-0.39, 0.29) is 12.2 Å². The van der Waals surface area contributed by atoms with Crippen molar-refractivity contribution in [3.63, 3.8) is 0 Å². The van der Waals surface area contributed by atoms with Gasteiger partial charge < -0.3 is 10.4 Å². The quantitative estimate of drug-likeness (QED) is 0.899. The Morgan fingerprint density at radius 1 is 1.05 bits per heavy atom. The molecule has 2 aromatic rings. The van der Waals surface area contributed by atoms with E-state index >= 15 is 0 Å². The molecule has 0 fully saturated rings. The Bertz CT molecular complexity index is 664. The van der Waals surface area contributed by atoms with Gasteiger partial charge in [0.2, 0.25) is 0 Å². The van der Waals surface area contributed by atoms with Crippen LogP contribution in [0.1, 0.15) is 37.4 Å². The Kier molecular flexibility index (Phi) is 4.25. The summed E-state index contributed by atoms with van der Waals surface area (Å²) in [6.07, 6.45) is 1.03. The van der Waals surface area contributed by atoms with E-state index in [1.807, 2.05) is 24.3 Å². The van der Waals surface area contributed by atoms with E-state index in [0.29, 0.717) is 11.7 Å². The Hall–Kier alpha value is -2.13. The maximum Gasteiger partial charge on any atom is 0.182 e. The molecule has 1 aliphatic rings. The lowest BCUT2D eigenvalue weighted by Gasteiger charge is -2.29. The van der Waals surface area contributed by atoms with Crippen LogP contribution in [0.3, 0.4) is 0 Å². The van der Waals surface area contributed by atoms with Gasteiger partial charge in [-0.3, -0.25) is 0 Å². The van der Waals surface area contributed by atoms with Crippen molar-refractivity contribution < 1.29 is 10.4 Å². The van der Waals surface area contributed by atoms with E-state index in [1.165, 1.54) is 5.56 Å².